The summed E-state index contributed by atoms with van der Waals surface area (Å²) < 4.78 is 15.3. The molecule has 0 radical (unpaired) electrons. The van der Waals surface area contributed by atoms with Gasteiger partial charge in [-0.15, -0.1) is 0 Å². The standard InChI is InChI=1S/C22H20FN5O/c1-2-17(21-24-14-19(25-21)15-8-4-3-5-9-15)26-22(29)18-12-13-28(27-18)20-11-7-6-10-16(20)23/h3-14,17H,2H2,1H3,(H,24,25)(H,26,29). The van der Waals surface area contributed by atoms with Gasteiger partial charge in [-0.05, 0) is 30.2 Å². The Balaban J connectivity index is 1.50. The van der Waals surface area contributed by atoms with Gasteiger partial charge in [0.2, 0.25) is 0 Å². The van der Waals surface area contributed by atoms with Gasteiger partial charge >= 0.3 is 0 Å². The molecule has 1 unspecified atom stereocenters. The Kier molecular flexibility index (Phi) is 5.20. The van der Waals surface area contributed by atoms with Crippen molar-refractivity contribution in [2.45, 2.75) is 19.4 Å². The molecule has 4 aromatic rings. The molecule has 7 heteroatoms. The maximum Gasteiger partial charge on any atom is 0.272 e. The number of H-pyrrole nitrogens is 1. The van der Waals surface area contributed by atoms with E-state index in [1.54, 1.807) is 36.7 Å². The Morgan fingerprint density at radius 2 is 1.90 bits per heavy atom. The number of imidazole rings is 1. The first kappa shape index (κ1) is 18.6. The third-order valence-electron chi connectivity index (χ3n) is 4.64. The topological polar surface area (TPSA) is 75.6 Å². The lowest BCUT2D eigenvalue weighted by Gasteiger charge is -2.13. The molecule has 1 atom stereocenters. The number of aromatic amines is 1. The predicted octanol–water partition coefficient (Wildman–Crippen LogP) is 4.28. The van der Waals surface area contributed by atoms with Crippen LogP contribution in [0.5, 0.6) is 0 Å². The molecule has 0 spiro atoms. The van der Waals surface area contributed by atoms with Crippen molar-refractivity contribution in [3.63, 3.8) is 0 Å². The Morgan fingerprint density at radius 3 is 2.66 bits per heavy atom. The van der Waals surface area contributed by atoms with Crippen LogP contribution < -0.4 is 5.32 Å². The largest absolute Gasteiger partial charge is 0.341 e. The van der Waals surface area contributed by atoms with E-state index in [1.807, 2.05) is 37.3 Å². The normalized spacial score (nSPS) is 11.9. The third-order valence-corrected chi connectivity index (χ3v) is 4.64. The highest BCUT2D eigenvalue weighted by Gasteiger charge is 2.19. The summed E-state index contributed by atoms with van der Waals surface area (Å²) in [6.07, 6.45) is 3.97. The van der Waals surface area contributed by atoms with E-state index in [4.69, 9.17) is 0 Å². The molecule has 2 heterocycles. The molecule has 0 aliphatic heterocycles. The average molecular weight is 389 g/mol. The zero-order valence-electron chi connectivity index (χ0n) is 15.8. The van der Waals surface area contributed by atoms with Gasteiger partial charge in [-0.2, -0.15) is 5.10 Å². The van der Waals surface area contributed by atoms with Crippen molar-refractivity contribution in [1.82, 2.24) is 25.1 Å². The third kappa shape index (κ3) is 3.94. The zero-order chi connectivity index (χ0) is 20.2. The minimum Gasteiger partial charge on any atom is -0.341 e. The fourth-order valence-corrected chi connectivity index (χ4v) is 3.09. The fraction of sp³-hybridized carbons (Fsp3) is 0.136. The molecule has 2 aromatic heterocycles. The lowest BCUT2D eigenvalue weighted by atomic mass is 10.2. The summed E-state index contributed by atoms with van der Waals surface area (Å²) >= 11 is 0. The minimum atomic E-state index is -0.405. The molecule has 0 saturated heterocycles. The van der Waals surface area contributed by atoms with Gasteiger partial charge in [0, 0.05) is 6.20 Å². The number of nitrogens with one attached hydrogen (secondary N) is 2. The van der Waals surface area contributed by atoms with Crippen LogP contribution in [0.2, 0.25) is 0 Å². The quantitative estimate of drug-likeness (QED) is 0.517. The maximum absolute atomic E-state index is 13.9. The Bertz CT molecular complexity index is 1120. The van der Waals surface area contributed by atoms with Crippen LogP contribution in [0.15, 0.2) is 73.1 Å². The zero-order valence-corrected chi connectivity index (χ0v) is 15.8. The number of nitrogens with zero attached hydrogens (tertiary/aromatic N) is 3. The molecule has 4 rings (SSSR count). The molecule has 2 aromatic carbocycles. The number of amides is 1. The van der Waals surface area contributed by atoms with Crippen molar-refractivity contribution in [3.8, 4) is 16.9 Å². The first-order chi connectivity index (χ1) is 14.2. The lowest BCUT2D eigenvalue weighted by molar-refractivity contribution is 0.0928. The first-order valence-corrected chi connectivity index (χ1v) is 9.37. The molecule has 2 N–H and O–H groups in total. The molecular weight excluding hydrogens is 369 g/mol. The second kappa shape index (κ2) is 8.10. The van der Waals surface area contributed by atoms with Gasteiger partial charge in [0.15, 0.2) is 5.69 Å². The van der Waals surface area contributed by atoms with Crippen LogP contribution in [0.1, 0.15) is 35.7 Å². The number of carbonyl (C=O) groups is 1. The molecule has 0 saturated carbocycles. The van der Waals surface area contributed by atoms with E-state index in [2.05, 4.69) is 20.4 Å². The molecule has 146 valence electrons. The second-order valence-electron chi connectivity index (χ2n) is 6.58. The van der Waals surface area contributed by atoms with Crippen molar-refractivity contribution in [2.24, 2.45) is 0 Å². The monoisotopic (exact) mass is 389 g/mol. The van der Waals surface area contributed by atoms with Crippen molar-refractivity contribution >= 4 is 5.91 Å². The number of hydrogen-bond donors (Lipinski definition) is 2. The van der Waals surface area contributed by atoms with Gasteiger partial charge in [0.1, 0.15) is 17.3 Å². The Hall–Kier alpha value is -3.74. The molecule has 0 fully saturated rings. The van der Waals surface area contributed by atoms with Gasteiger partial charge in [0.05, 0.1) is 17.9 Å². The summed E-state index contributed by atoms with van der Waals surface area (Å²) in [5.41, 5.74) is 2.41. The lowest BCUT2D eigenvalue weighted by Crippen LogP contribution is -2.29. The molecular formula is C22H20FN5O. The van der Waals surface area contributed by atoms with Gasteiger partial charge in [-0.1, -0.05) is 49.4 Å². The highest BCUT2D eigenvalue weighted by Crippen LogP contribution is 2.21. The van der Waals surface area contributed by atoms with Crippen LogP contribution >= 0.6 is 0 Å². The summed E-state index contributed by atoms with van der Waals surface area (Å²) in [7, 11) is 0. The van der Waals surface area contributed by atoms with Crippen molar-refractivity contribution < 1.29 is 9.18 Å². The van der Waals surface area contributed by atoms with Crippen molar-refractivity contribution in [3.05, 3.63) is 90.4 Å². The fourth-order valence-electron chi connectivity index (χ4n) is 3.09. The second-order valence-corrected chi connectivity index (χ2v) is 6.58. The van der Waals surface area contributed by atoms with Crippen LogP contribution in [0, 0.1) is 5.82 Å². The van der Waals surface area contributed by atoms with Gasteiger partial charge in [0.25, 0.3) is 5.91 Å². The molecule has 29 heavy (non-hydrogen) atoms. The van der Waals surface area contributed by atoms with E-state index in [9.17, 15) is 9.18 Å². The highest BCUT2D eigenvalue weighted by atomic mass is 19.1. The van der Waals surface area contributed by atoms with Gasteiger partial charge < -0.3 is 10.3 Å². The van der Waals surface area contributed by atoms with E-state index >= 15 is 0 Å². The SMILES string of the molecule is CCC(NC(=O)c1ccn(-c2ccccc2F)n1)c1ncc(-c2ccccc2)[nH]1. The summed E-state index contributed by atoms with van der Waals surface area (Å²) in [5, 5.41) is 7.15. The smallest absolute Gasteiger partial charge is 0.272 e. The maximum atomic E-state index is 13.9. The minimum absolute atomic E-state index is 0.210. The van der Waals surface area contributed by atoms with Gasteiger partial charge in [-0.3, -0.25) is 4.79 Å². The van der Waals surface area contributed by atoms with E-state index in [-0.39, 0.29) is 23.3 Å². The number of para-hydroxylation sites is 1. The van der Waals surface area contributed by atoms with Crippen LogP contribution in [0.3, 0.4) is 0 Å². The predicted molar refractivity (Wildman–Crippen MR) is 108 cm³/mol. The van der Waals surface area contributed by atoms with E-state index < -0.39 is 5.82 Å². The molecule has 1 amide bonds. The van der Waals surface area contributed by atoms with E-state index in [0.717, 1.165) is 11.3 Å². The van der Waals surface area contributed by atoms with Crippen LogP contribution in [0.25, 0.3) is 16.9 Å². The van der Waals surface area contributed by atoms with Crippen molar-refractivity contribution in [1.29, 1.82) is 0 Å². The molecule has 6 nitrogen and oxygen atoms in total. The molecule has 0 aliphatic carbocycles. The number of halogens is 1. The van der Waals surface area contributed by atoms with E-state index in [1.165, 1.54) is 10.7 Å². The van der Waals surface area contributed by atoms with Crippen LogP contribution in [-0.2, 0) is 0 Å². The summed E-state index contributed by atoms with van der Waals surface area (Å²) in [5.74, 6) is -0.0733. The Morgan fingerprint density at radius 1 is 1.14 bits per heavy atom. The number of benzene rings is 2. The van der Waals surface area contributed by atoms with Crippen LogP contribution in [0.4, 0.5) is 4.39 Å². The van der Waals surface area contributed by atoms with E-state index in [0.29, 0.717) is 12.2 Å². The molecule has 0 bridgehead atoms. The Labute approximate surface area is 167 Å². The number of aromatic nitrogens is 4. The first-order valence-electron chi connectivity index (χ1n) is 9.37. The van der Waals surface area contributed by atoms with Gasteiger partial charge in [-0.25, -0.2) is 14.1 Å². The number of hydrogen-bond acceptors (Lipinski definition) is 3. The summed E-state index contributed by atoms with van der Waals surface area (Å²) in [6.45, 7) is 1.97. The number of rotatable bonds is 6. The highest BCUT2D eigenvalue weighted by molar-refractivity contribution is 5.92. The van der Waals surface area contributed by atoms with Crippen LogP contribution in [-0.4, -0.2) is 25.7 Å². The summed E-state index contributed by atoms with van der Waals surface area (Å²) in [6, 6.07) is 17.4. The number of carbonyl (C=O) groups excluding carboxylic acids is 1. The molecule has 0 aliphatic rings. The summed E-state index contributed by atoms with van der Waals surface area (Å²) in [4.78, 5) is 20.4. The average Bonchev–Trinajstić information content (AvgIpc) is 3.43. The van der Waals surface area contributed by atoms with Crippen molar-refractivity contribution in [2.75, 3.05) is 0 Å².